The molecular weight excluding hydrogens is 396 g/mol. The molecule has 0 aliphatic heterocycles. The normalized spacial score (nSPS) is 15.1. The zero-order valence-corrected chi connectivity index (χ0v) is 18.2. The lowest BCUT2D eigenvalue weighted by Gasteiger charge is -2.23. The number of nitrogens with zero attached hydrogens (tertiary/aromatic N) is 1. The summed E-state index contributed by atoms with van der Waals surface area (Å²) in [4.78, 5) is 36.7. The minimum Gasteiger partial charge on any atom is -0.481 e. The number of carbonyl (C=O) groups is 3. The predicted molar refractivity (Wildman–Crippen MR) is 118 cm³/mol. The molecule has 0 spiro atoms. The van der Waals surface area contributed by atoms with Gasteiger partial charge in [0, 0.05) is 23.0 Å². The molecule has 166 valence electrons. The topological polar surface area (TPSA) is 101 Å². The number of aromatic nitrogens is 1. The number of rotatable bonds is 6. The number of aryl methyl sites for hydroxylation is 2. The fourth-order valence-corrected chi connectivity index (χ4v) is 3.64. The fraction of sp³-hybridized carbons (Fsp3) is 0.435. The first-order chi connectivity index (χ1) is 14.8. The third-order valence-corrected chi connectivity index (χ3v) is 5.46. The molecule has 1 saturated carbocycles. The van der Waals surface area contributed by atoms with Crippen molar-refractivity contribution in [3.05, 3.63) is 53.3 Å². The summed E-state index contributed by atoms with van der Waals surface area (Å²) in [6.45, 7) is 5.39. The number of nitrogens with one attached hydrogen (secondary N) is 3. The summed E-state index contributed by atoms with van der Waals surface area (Å²) in [5, 5.41) is 5.17. The van der Waals surface area contributed by atoms with Crippen molar-refractivity contribution in [2.45, 2.75) is 65.0 Å². The van der Waals surface area contributed by atoms with Crippen LogP contribution in [0.4, 0.5) is 4.79 Å². The molecule has 1 heterocycles. The highest BCUT2D eigenvalue weighted by Crippen LogP contribution is 2.17. The van der Waals surface area contributed by atoms with Crippen molar-refractivity contribution >= 4 is 17.8 Å². The van der Waals surface area contributed by atoms with E-state index in [4.69, 9.17) is 4.74 Å². The van der Waals surface area contributed by atoms with E-state index < -0.39 is 18.0 Å². The third-order valence-electron chi connectivity index (χ3n) is 5.46. The van der Waals surface area contributed by atoms with Gasteiger partial charge in [-0.15, -0.1) is 0 Å². The lowest BCUT2D eigenvalue weighted by atomic mass is 9.96. The van der Waals surface area contributed by atoms with Gasteiger partial charge in [0.25, 0.3) is 11.8 Å². The van der Waals surface area contributed by atoms with Gasteiger partial charge < -0.3 is 10.1 Å². The molecule has 3 rings (SSSR count). The average Bonchev–Trinajstić information content (AvgIpc) is 3.06. The largest absolute Gasteiger partial charge is 0.481 e. The summed E-state index contributed by atoms with van der Waals surface area (Å²) in [5.41, 5.74) is 5.16. The van der Waals surface area contributed by atoms with Gasteiger partial charge in [0.2, 0.25) is 0 Å². The molecule has 0 radical (unpaired) electrons. The van der Waals surface area contributed by atoms with Crippen LogP contribution in [0.15, 0.2) is 36.4 Å². The van der Waals surface area contributed by atoms with Crippen molar-refractivity contribution in [3.63, 3.8) is 0 Å². The first-order valence-electron chi connectivity index (χ1n) is 10.7. The first-order valence-corrected chi connectivity index (χ1v) is 10.7. The average molecular weight is 427 g/mol. The van der Waals surface area contributed by atoms with E-state index in [1.807, 2.05) is 26.0 Å². The van der Waals surface area contributed by atoms with Crippen LogP contribution in [0, 0.1) is 13.8 Å². The summed E-state index contributed by atoms with van der Waals surface area (Å²) in [7, 11) is 0. The van der Waals surface area contributed by atoms with Crippen molar-refractivity contribution in [3.8, 4) is 5.75 Å². The molecule has 1 aromatic carbocycles. The van der Waals surface area contributed by atoms with Gasteiger partial charge in [-0.3, -0.25) is 25.0 Å². The van der Waals surface area contributed by atoms with Crippen LogP contribution < -0.4 is 20.8 Å². The molecule has 0 bridgehead atoms. The van der Waals surface area contributed by atoms with Gasteiger partial charge in [0.15, 0.2) is 6.10 Å². The Morgan fingerprint density at radius 1 is 0.968 bits per heavy atom. The Morgan fingerprint density at radius 3 is 2.19 bits per heavy atom. The maximum Gasteiger partial charge on any atom is 0.321 e. The van der Waals surface area contributed by atoms with Gasteiger partial charge in [-0.1, -0.05) is 19.3 Å². The molecule has 1 atom stereocenters. The summed E-state index contributed by atoms with van der Waals surface area (Å²) in [6, 6.07) is 9.97. The number of hydrogen-bond donors (Lipinski definition) is 3. The number of imide groups is 1. The molecule has 1 fully saturated rings. The van der Waals surface area contributed by atoms with E-state index >= 15 is 0 Å². The second kappa shape index (κ2) is 10.1. The SMILES string of the molecule is Cc1ccc(C)n1NC(=O)c1ccc(O[C@H](C)C(=O)NC(=O)NC2CCCCC2)cc1. The van der Waals surface area contributed by atoms with Gasteiger partial charge in [-0.05, 0) is 70.0 Å². The number of carbonyl (C=O) groups excluding carboxylic acids is 3. The number of hydrogen-bond acceptors (Lipinski definition) is 4. The van der Waals surface area contributed by atoms with Crippen molar-refractivity contribution in [2.75, 3.05) is 5.43 Å². The summed E-state index contributed by atoms with van der Waals surface area (Å²) in [6.07, 6.45) is 4.40. The molecule has 8 nitrogen and oxygen atoms in total. The third kappa shape index (κ3) is 6.10. The van der Waals surface area contributed by atoms with Crippen LogP contribution in [-0.2, 0) is 4.79 Å². The van der Waals surface area contributed by atoms with Crippen LogP contribution in [0.25, 0.3) is 0 Å². The number of benzene rings is 1. The van der Waals surface area contributed by atoms with Crippen molar-refractivity contribution < 1.29 is 19.1 Å². The van der Waals surface area contributed by atoms with E-state index in [-0.39, 0.29) is 11.9 Å². The van der Waals surface area contributed by atoms with E-state index in [9.17, 15) is 14.4 Å². The van der Waals surface area contributed by atoms with Gasteiger partial charge >= 0.3 is 6.03 Å². The first kappa shape index (κ1) is 22.4. The smallest absolute Gasteiger partial charge is 0.321 e. The molecule has 4 amide bonds. The molecule has 8 heteroatoms. The number of urea groups is 1. The van der Waals surface area contributed by atoms with Gasteiger partial charge in [-0.2, -0.15) is 0 Å². The van der Waals surface area contributed by atoms with Crippen LogP contribution in [0.1, 0.15) is 60.8 Å². The van der Waals surface area contributed by atoms with Gasteiger partial charge in [-0.25, -0.2) is 4.79 Å². The highest BCUT2D eigenvalue weighted by molar-refractivity contribution is 6.00. The van der Waals surface area contributed by atoms with Crippen LogP contribution in [0.3, 0.4) is 0 Å². The number of ether oxygens (including phenoxy) is 1. The summed E-state index contributed by atoms with van der Waals surface area (Å²) in [5.74, 6) is -0.340. The molecule has 1 aromatic heterocycles. The number of amides is 4. The van der Waals surface area contributed by atoms with Crippen LogP contribution >= 0.6 is 0 Å². The predicted octanol–water partition coefficient (Wildman–Crippen LogP) is 3.41. The second-order valence-electron chi connectivity index (χ2n) is 7.97. The maximum absolute atomic E-state index is 12.5. The molecule has 2 aromatic rings. The minimum absolute atomic E-state index is 0.121. The van der Waals surface area contributed by atoms with Gasteiger partial charge in [0.05, 0.1) is 0 Å². The van der Waals surface area contributed by atoms with E-state index in [2.05, 4.69) is 16.1 Å². The molecule has 3 N–H and O–H groups in total. The van der Waals surface area contributed by atoms with E-state index in [0.29, 0.717) is 11.3 Å². The van der Waals surface area contributed by atoms with Gasteiger partial charge in [0.1, 0.15) is 5.75 Å². The lowest BCUT2D eigenvalue weighted by Crippen LogP contribution is -2.48. The van der Waals surface area contributed by atoms with Crippen LogP contribution in [0.5, 0.6) is 5.75 Å². The van der Waals surface area contributed by atoms with Crippen molar-refractivity contribution in [1.29, 1.82) is 0 Å². The highest BCUT2D eigenvalue weighted by Gasteiger charge is 2.21. The monoisotopic (exact) mass is 426 g/mol. The highest BCUT2D eigenvalue weighted by atomic mass is 16.5. The lowest BCUT2D eigenvalue weighted by molar-refractivity contribution is -0.126. The molecule has 31 heavy (non-hydrogen) atoms. The second-order valence-corrected chi connectivity index (χ2v) is 7.97. The molecule has 0 saturated heterocycles. The van der Waals surface area contributed by atoms with Crippen molar-refractivity contribution in [1.82, 2.24) is 15.3 Å². The maximum atomic E-state index is 12.5. The Morgan fingerprint density at radius 2 is 1.58 bits per heavy atom. The molecule has 1 aliphatic rings. The fourth-order valence-electron chi connectivity index (χ4n) is 3.64. The molecular formula is C23H30N4O4. The molecule has 1 aliphatic carbocycles. The minimum atomic E-state index is -0.859. The van der Waals surface area contributed by atoms with E-state index in [1.165, 1.54) is 6.42 Å². The quantitative estimate of drug-likeness (QED) is 0.659. The Hall–Kier alpha value is -3.29. The Balaban J connectivity index is 1.49. The zero-order chi connectivity index (χ0) is 22.4. The summed E-state index contributed by atoms with van der Waals surface area (Å²) < 4.78 is 7.34. The Kier molecular flexibility index (Phi) is 7.33. The molecule has 0 unspecified atom stereocenters. The van der Waals surface area contributed by atoms with Crippen molar-refractivity contribution in [2.24, 2.45) is 0 Å². The summed E-state index contributed by atoms with van der Waals surface area (Å²) >= 11 is 0. The zero-order valence-electron chi connectivity index (χ0n) is 18.2. The van der Waals surface area contributed by atoms with E-state index in [1.54, 1.807) is 35.9 Å². The van der Waals surface area contributed by atoms with E-state index in [0.717, 1.165) is 37.1 Å². The van der Waals surface area contributed by atoms with Crippen LogP contribution in [-0.4, -0.2) is 34.7 Å². The van der Waals surface area contributed by atoms with Crippen LogP contribution in [0.2, 0.25) is 0 Å². The Labute approximate surface area is 182 Å². The Bertz CT molecular complexity index is 910. The standard InChI is InChI=1S/C23H30N4O4/c1-15-9-10-16(2)27(15)26-22(29)18-11-13-20(14-12-18)31-17(3)21(28)25-23(30)24-19-7-5-4-6-8-19/h9-14,17,19H,4-8H2,1-3H3,(H,26,29)(H2,24,25,28,30)/t17-/m1/s1.